The molecule has 9 aromatic carbocycles. The van der Waals surface area contributed by atoms with Crippen molar-refractivity contribution in [2.45, 2.75) is 5.41 Å². The molecule has 2 heterocycles. The molecule has 12 rings (SSSR count). The fourth-order valence-corrected chi connectivity index (χ4v) is 9.78. The van der Waals surface area contributed by atoms with Gasteiger partial charge in [-0.05, 0) is 86.0 Å². The van der Waals surface area contributed by atoms with E-state index in [2.05, 4.69) is 200 Å². The van der Waals surface area contributed by atoms with Crippen LogP contribution in [0.4, 0.5) is 0 Å². The van der Waals surface area contributed by atoms with Gasteiger partial charge in [0.25, 0.3) is 0 Å². The first kappa shape index (κ1) is 35.8. The normalized spacial score (nSPS) is 12.6. The Balaban J connectivity index is 0.960. The van der Waals surface area contributed by atoms with Crippen LogP contribution in [0.25, 0.3) is 89.2 Å². The van der Waals surface area contributed by atoms with Gasteiger partial charge in [-0.15, -0.1) is 0 Å². The first-order chi connectivity index (χ1) is 30.7. The lowest BCUT2D eigenvalue weighted by Gasteiger charge is -2.34. The van der Waals surface area contributed by atoms with Crippen LogP contribution < -0.4 is 0 Å². The molecular formula is C59H38N2O. The molecule has 0 saturated carbocycles. The van der Waals surface area contributed by atoms with Crippen LogP contribution in [0, 0.1) is 0 Å². The molecule has 0 radical (unpaired) electrons. The van der Waals surface area contributed by atoms with E-state index in [0.717, 1.165) is 66.7 Å². The Morgan fingerprint density at radius 1 is 0.323 bits per heavy atom. The van der Waals surface area contributed by atoms with Gasteiger partial charge < -0.3 is 4.42 Å². The van der Waals surface area contributed by atoms with Crippen LogP contribution in [0.2, 0.25) is 0 Å². The first-order valence-corrected chi connectivity index (χ1v) is 21.1. The summed E-state index contributed by atoms with van der Waals surface area (Å²) < 4.78 is 6.26. The summed E-state index contributed by atoms with van der Waals surface area (Å²) in [4.78, 5) is 10.4. The average molecular weight is 791 g/mol. The van der Waals surface area contributed by atoms with E-state index in [0.29, 0.717) is 5.82 Å². The van der Waals surface area contributed by atoms with E-state index in [1.165, 1.54) is 38.9 Å². The number of rotatable bonds is 7. The lowest BCUT2D eigenvalue weighted by Crippen LogP contribution is -2.28. The summed E-state index contributed by atoms with van der Waals surface area (Å²) in [5, 5.41) is 2.25. The largest absolute Gasteiger partial charge is 0.456 e. The molecule has 0 aliphatic heterocycles. The van der Waals surface area contributed by atoms with Crippen molar-refractivity contribution in [2.75, 3.05) is 0 Å². The van der Waals surface area contributed by atoms with E-state index in [1.54, 1.807) is 0 Å². The van der Waals surface area contributed by atoms with Crippen molar-refractivity contribution in [2.24, 2.45) is 0 Å². The maximum Gasteiger partial charge on any atom is 0.160 e. The number of hydrogen-bond acceptors (Lipinski definition) is 3. The highest BCUT2D eigenvalue weighted by Crippen LogP contribution is 2.58. The molecule has 11 aromatic rings. The topological polar surface area (TPSA) is 38.9 Å². The molecule has 1 aliphatic rings. The molecule has 0 saturated heterocycles. The molecule has 0 atom stereocenters. The zero-order valence-electron chi connectivity index (χ0n) is 33.7. The van der Waals surface area contributed by atoms with Gasteiger partial charge in [0.05, 0.1) is 16.8 Å². The third-order valence-corrected chi connectivity index (χ3v) is 12.6. The Bertz CT molecular complexity index is 3400. The summed E-state index contributed by atoms with van der Waals surface area (Å²) in [6, 6.07) is 82.3. The van der Waals surface area contributed by atoms with Crippen LogP contribution in [-0.2, 0) is 5.41 Å². The van der Waals surface area contributed by atoms with E-state index in [4.69, 9.17) is 14.4 Å². The Morgan fingerprint density at radius 2 is 0.855 bits per heavy atom. The van der Waals surface area contributed by atoms with Crippen molar-refractivity contribution in [1.82, 2.24) is 9.97 Å². The van der Waals surface area contributed by atoms with Crippen LogP contribution >= 0.6 is 0 Å². The van der Waals surface area contributed by atoms with Crippen molar-refractivity contribution >= 4 is 21.9 Å². The third-order valence-electron chi connectivity index (χ3n) is 12.6. The molecule has 290 valence electrons. The molecule has 0 fully saturated rings. The summed E-state index contributed by atoms with van der Waals surface area (Å²) in [5.41, 5.74) is 18.3. The van der Waals surface area contributed by atoms with Crippen LogP contribution in [0.1, 0.15) is 22.3 Å². The Kier molecular flexibility index (Phi) is 8.39. The van der Waals surface area contributed by atoms with E-state index in [-0.39, 0.29) is 0 Å². The molecule has 2 aromatic heterocycles. The van der Waals surface area contributed by atoms with Crippen LogP contribution in [0.15, 0.2) is 235 Å². The lowest BCUT2D eigenvalue weighted by atomic mass is 9.67. The predicted octanol–water partition coefficient (Wildman–Crippen LogP) is 15.1. The molecule has 0 unspecified atom stereocenters. The Labute approximate surface area is 360 Å². The van der Waals surface area contributed by atoms with Gasteiger partial charge in [0, 0.05) is 27.5 Å². The quantitative estimate of drug-likeness (QED) is 0.161. The summed E-state index contributed by atoms with van der Waals surface area (Å²) >= 11 is 0. The Hall–Kier alpha value is -8.14. The van der Waals surface area contributed by atoms with Gasteiger partial charge in [-0.1, -0.05) is 200 Å². The van der Waals surface area contributed by atoms with E-state index in [9.17, 15) is 0 Å². The number of fused-ring (bicyclic) bond motifs is 6. The number of benzene rings is 9. The second kappa shape index (κ2) is 14.5. The van der Waals surface area contributed by atoms with Gasteiger partial charge in [0.1, 0.15) is 11.2 Å². The SMILES string of the molecule is c1ccc(-c2nc(-c3ccc(-c4cccc5c4-c4ccccc4C5(c4ccccc4)c4ccccc4)cc3)cc(-c3cccc(-c4ccc5c(c4)oc4ccccc45)c3)n2)cc1. The van der Waals surface area contributed by atoms with Gasteiger partial charge in [0.2, 0.25) is 0 Å². The first-order valence-electron chi connectivity index (χ1n) is 21.1. The van der Waals surface area contributed by atoms with E-state index in [1.807, 2.05) is 30.3 Å². The number of furan rings is 1. The van der Waals surface area contributed by atoms with Gasteiger partial charge in [-0.3, -0.25) is 0 Å². The summed E-state index contributed by atoms with van der Waals surface area (Å²) in [6.07, 6.45) is 0. The van der Waals surface area contributed by atoms with Crippen LogP contribution in [-0.4, -0.2) is 9.97 Å². The molecule has 3 heteroatoms. The number of nitrogens with zero attached hydrogens (tertiary/aromatic N) is 2. The molecule has 0 bridgehead atoms. The van der Waals surface area contributed by atoms with Crippen molar-refractivity contribution < 1.29 is 4.42 Å². The maximum absolute atomic E-state index is 6.26. The molecule has 1 aliphatic carbocycles. The second-order valence-electron chi connectivity index (χ2n) is 16.1. The molecule has 0 amide bonds. The maximum atomic E-state index is 6.26. The van der Waals surface area contributed by atoms with E-state index >= 15 is 0 Å². The van der Waals surface area contributed by atoms with Crippen molar-refractivity contribution in [1.29, 1.82) is 0 Å². The monoisotopic (exact) mass is 790 g/mol. The fourth-order valence-electron chi connectivity index (χ4n) is 9.78. The lowest BCUT2D eigenvalue weighted by molar-refractivity contribution is 0.669. The molecule has 62 heavy (non-hydrogen) atoms. The molecule has 0 spiro atoms. The van der Waals surface area contributed by atoms with Gasteiger partial charge in [-0.25, -0.2) is 9.97 Å². The second-order valence-corrected chi connectivity index (χ2v) is 16.1. The molecule has 3 nitrogen and oxygen atoms in total. The van der Waals surface area contributed by atoms with Crippen molar-refractivity contribution in [3.63, 3.8) is 0 Å². The van der Waals surface area contributed by atoms with Gasteiger partial charge in [0.15, 0.2) is 5.82 Å². The van der Waals surface area contributed by atoms with E-state index < -0.39 is 5.41 Å². The smallest absolute Gasteiger partial charge is 0.160 e. The number of para-hydroxylation sites is 1. The van der Waals surface area contributed by atoms with Crippen LogP contribution in [0.3, 0.4) is 0 Å². The average Bonchev–Trinajstić information content (AvgIpc) is 3.88. The van der Waals surface area contributed by atoms with Crippen LogP contribution in [0.5, 0.6) is 0 Å². The third kappa shape index (κ3) is 5.74. The Morgan fingerprint density at radius 3 is 1.63 bits per heavy atom. The highest BCUT2D eigenvalue weighted by Gasteiger charge is 2.46. The minimum atomic E-state index is -0.451. The number of hydrogen-bond donors (Lipinski definition) is 0. The highest BCUT2D eigenvalue weighted by molar-refractivity contribution is 6.06. The van der Waals surface area contributed by atoms with Gasteiger partial charge in [-0.2, -0.15) is 0 Å². The van der Waals surface area contributed by atoms with Crippen molar-refractivity contribution in [3.05, 3.63) is 253 Å². The minimum absolute atomic E-state index is 0.451. The predicted molar refractivity (Wildman–Crippen MR) is 254 cm³/mol. The summed E-state index contributed by atoms with van der Waals surface area (Å²) in [6.45, 7) is 0. The summed E-state index contributed by atoms with van der Waals surface area (Å²) in [5.74, 6) is 0.687. The standard InChI is InChI=1S/C59H38N2O/c1-4-16-41(17-5-1)58-60-53(38-54(61-58)44-19-14-18-42(36-44)43-34-35-49-48-24-11-13-29-55(48)62-56(49)37-43)40-32-30-39(31-33-40)47-26-15-28-52-57(47)50-25-10-12-27-51(50)59(52,45-20-6-2-7-21-45)46-22-8-3-9-23-46/h1-38H. The highest BCUT2D eigenvalue weighted by atomic mass is 16.3. The van der Waals surface area contributed by atoms with Crippen molar-refractivity contribution in [3.8, 4) is 67.3 Å². The fraction of sp³-hybridized carbons (Fsp3) is 0.0169. The zero-order valence-corrected chi connectivity index (χ0v) is 33.7. The number of aromatic nitrogens is 2. The molecular weight excluding hydrogens is 753 g/mol. The minimum Gasteiger partial charge on any atom is -0.456 e. The molecule has 0 N–H and O–H groups in total. The summed E-state index contributed by atoms with van der Waals surface area (Å²) in [7, 11) is 0. The van der Waals surface area contributed by atoms with Gasteiger partial charge >= 0.3 is 0 Å². The zero-order chi connectivity index (χ0) is 41.0.